The fourth-order valence-electron chi connectivity index (χ4n) is 3.90. The first kappa shape index (κ1) is 19.1. The Morgan fingerprint density at radius 1 is 0.889 bits per heavy atom. The summed E-state index contributed by atoms with van der Waals surface area (Å²) >= 11 is 23.6. The van der Waals surface area contributed by atoms with Gasteiger partial charge in [0.15, 0.2) is 0 Å². The van der Waals surface area contributed by atoms with Crippen LogP contribution >= 0.6 is 46.4 Å². The molecule has 0 radical (unpaired) electrons. The minimum atomic E-state index is -4.42. The summed E-state index contributed by atoms with van der Waals surface area (Å²) in [4.78, 5) is 42.0. The second-order valence-electron chi connectivity index (χ2n) is 6.88. The number of amides is 2. The van der Waals surface area contributed by atoms with Gasteiger partial charge in [-0.05, 0) is 19.3 Å². The largest absolute Gasteiger partial charge is 0.394 e. The first-order chi connectivity index (χ1) is 12.4. The lowest BCUT2D eigenvalue weighted by Gasteiger charge is -2.68. The molecule has 0 atom stereocenters. The van der Waals surface area contributed by atoms with Crippen molar-refractivity contribution < 1.29 is 32.4 Å². The van der Waals surface area contributed by atoms with E-state index in [4.69, 9.17) is 51.2 Å². The highest BCUT2D eigenvalue weighted by Gasteiger charge is 2.82. The molecule has 0 saturated heterocycles. The maximum atomic E-state index is 12.9. The van der Waals surface area contributed by atoms with Crippen LogP contribution in [-0.2, 0) is 9.63 Å². The van der Waals surface area contributed by atoms with E-state index < -0.39 is 65.2 Å². The number of hydroxylamine groups is 2. The molecule has 0 N–H and O–H groups in total. The Bertz CT molecular complexity index is 895. The topological polar surface area (TPSA) is 63.7 Å². The molecule has 12 heteroatoms. The van der Waals surface area contributed by atoms with Gasteiger partial charge in [-0.1, -0.05) is 51.5 Å². The Morgan fingerprint density at radius 3 is 1.67 bits per heavy atom. The number of carbonyl (C=O) groups excluding carboxylic acids is 3. The van der Waals surface area contributed by atoms with Crippen LogP contribution in [0.15, 0.2) is 0 Å². The van der Waals surface area contributed by atoms with Gasteiger partial charge < -0.3 is 4.84 Å². The summed E-state index contributed by atoms with van der Waals surface area (Å²) in [5.74, 6) is -3.30. The summed E-state index contributed by atoms with van der Waals surface area (Å²) < 4.78 is 38.7. The minimum Gasteiger partial charge on any atom is -0.329 e. The van der Waals surface area contributed by atoms with Crippen molar-refractivity contribution in [2.24, 2.45) is 10.8 Å². The molecule has 144 valence electrons. The van der Waals surface area contributed by atoms with Gasteiger partial charge >= 0.3 is 12.1 Å². The molecule has 0 aromatic heterocycles. The summed E-state index contributed by atoms with van der Waals surface area (Å²) in [5, 5.41) is -1.09. The number of hydrogen-bond acceptors (Lipinski definition) is 4. The lowest BCUT2D eigenvalue weighted by molar-refractivity contribution is -0.358. The molecule has 1 aromatic rings. The van der Waals surface area contributed by atoms with Crippen LogP contribution < -0.4 is 0 Å². The van der Waals surface area contributed by atoms with Gasteiger partial charge in [-0.2, -0.15) is 13.2 Å². The van der Waals surface area contributed by atoms with Gasteiger partial charge in [-0.15, -0.1) is 0 Å². The van der Waals surface area contributed by atoms with Crippen LogP contribution in [0.2, 0.25) is 20.1 Å². The molecule has 1 aliphatic heterocycles. The maximum Gasteiger partial charge on any atom is 0.394 e. The molecular formula is C15H6Cl4F3NO4. The molecule has 5 rings (SSSR count). The van der Waals surface area contributed by atoms with Crippen molar-refractivity contribution in [3.05, 3.63) is 31.2 Å². The second kappa shape index (κ2) is 5.43. The van der Waals surface area contributed by atoms with Crippen molar-refractivity contribution in [2.45, 2.75) is 25.4 Å². The first-order valence-electron chi connectivity index (χ1n) is 7.39. The number of nitrogens with zero attached hydrogens (tertiary/aromatic N) is 1. The van der Waals surface area contributed by atoms with Crippen LogP contribution in [-0.4, -0.2) is 29.0 Å². The Kier molecular flexibility index (Phi) is 3.85. The van der Waals surface area contributed by atoms with Crippen molar-refractivity contribution in [1.29, 1.82) is 0 Å². The lowest BCUT2D eigenvalue weighted by atomic mass is 9.35. The fraction of sp³-hybridized carbons (Fsp3) is 0.400. The van der Waals surface area contributed by atoms with Crippen LogP contribution in [0.1, 0.15) is 40.0 Å². The van der Waals surface area contributed by atoms with Gasteiger partial charge in [0.1, 0.15) is 0 Å². The number of benzene rings is 1. The summed E-state index contributed by atoms with van der Waals surface area (Å²) in [7, 11) is 0. The van der Waals surface area contributed by atoms with Gasteiger partial charge in [0.2, 0.25) is 0 Å². The Morgan fingerprint density at radius 2 is 1.30 bits per heavy atom. The number of rotatable bonds is 2. The van der Waals surface area contributed by atoms with E-state index in [-0.39, 0.29) is 25.2 Å². The summed E-state index contributed by atoms with van der Waals surface area (Å²) in [6, 6.07) is 0. The Balaban J connectivity index is 1.58. The van der Waals surface area contributed by atoms with Gasteiger partial charge in [0.05, 0.1) is 42.0 Å². The van der Waals surface area contributed by atoms with Crippen molar-refractivity contribution in [2.75, 3.05) is 0 Å². The second-order valence-corrected chi connectivity index (χ2v) is 8.39. The maximum absolute atomic E-state index is 12.9. The van der Waals surface area contributed by atoms with Crippen molar-refractivity contribution >= 4 is 64.2 Å². The predicted molar refractivity (Wildman–Crippen MR) is 87.8 cm³/mol. The number of alkyl halides is 3. The van der Waals surface area contributed by atoms with Gasteiger partial charge in [-0.3, -0.25) is 9.59 Å². The molecule has 1 heterocycles. The molecule has 3 aliphatic carbocycles. The van der Waals surface area contributed by atoms with Crippen molar-refractivity contribution in [3.63, 3.8) is 0 Å². The molecule has 0 unspecified atom stereocenters. The molecule has 1 aromatic carbocycles. The third-order valence-corrected chi connectivity index (χ3v) is 7.10. The molecule has 2 amide bonds. The average molecular weight is 463 g/mol. The molecule has 5 nitrogen and oxygen atoms in total. The van der Waals surface area contributed by atoms with Crippen LogP contribution in [0.5, 0.6) is 0 Å². The van der Waals surface area contributed by atoms with Crippen molar-refractivity contribution in [3.8, 4) is 0 Å². The van der Waals surface area contributed by atoms with E-state index in [1.54, 1.807) is 0 Å². The van der Waals surface area contributed by atoms with Crippen molar-refractivity contribution in [1.82, 2.24) is 5.06 Å². The normalized spacial score (nSPS) is 28.6. The number of halogens is 7. The molecule has 4 aliphatic rings. The standard InChI is InChI=1S/C15H6Cl4F3NO4/c16-6-4-5(7(17)9(19)8(6)18)11(25)23(10(4)24)27-12(26)13-1-14(2-13,3-13)15(20,21)22/h1-3H2. The highest BCUT2D eigenvalue weighted by Crippen LogP contribution is 2.78. The number of carbonyl (C=O) groups is 3. The molecule has 3 fully saturated rings. The Labute approximate surface area is 169 Å². The monoisotopic (exact) mass is 461 g/mol. The number of imide groups is 1. The van der Waals surface area contributed by atoms with E-state index in [2.05, 4.69) is 0 Å². The zero-order valence-corrected chi connectivity index (χ0v) is 15.9. The molecular weight excluding hydrogens is 457 g/mol. The first-order valence-corrected chi connectivity index (χ1v) is 8.90. The third kappa shape index (κ3) is 2.24. The number of fused-ring (bicyclic) bond motifs is 1. The average Bonchev–Trinajstić information content (AvgIpc) is 2.71. The van der Waals surface area contributed by atoms with E-state index in [9.17, 15) is 27.6 Å². The zero-order valence-electron chi connectivity index (χ0n) is 12.8. The summed E-state index contributed by atoms with van der Waals surface area (Å²) in [6.07, 6.45) is -5.74. The fourth-order valence-corrected chi connectivity index (χ4v) is 4.91. The summed E-state index contributed by atoms with van der Waals surface area (Å²) in [5.41, 5.74) is -4.02. The van der Waals surface area contributed by atoms with E-state index in [1.807, 2.05) is 0 Å². The highest BCUT2D eigenvalue weighted by atomic mass is 35.5. The lowest BCUT2D eigenvalue weighted by Crippen LogP contribution is -2.71. The third-order valence-electron chi connectivity index (χ3n) is 5.30. The molecule has 27 heavy (non-hydrogen) atoms. The van der Waals surface area contributed by atoms with Gasteiger partial charge in [-0.25, -0.2) is 4.79 Å². The quantitative estimate of drug-likeness (QED) is 0.349. The molecule has 3 saturated carbocycles. The van der Waals surface area contributed by atoms with E-state index in [1.165, 1.54) is 0 Å². The minimum absolute atomic E-state index is 0.123. The predicted octanol–water partition coefficient (Wildman–Crippen LogP) is 5.09. The number of hydrogen-bond donors (Lipinski definition) is 0. The molecule has 0 spiro atoms. The van der Waals surface area contributed by atoms with Crippen LogP contribution in [0, 0.1) is 10.8 Å². The van der Waals surface area contributed by atoms with E-state index in [0.717, 1.165) is 0 Å². The summed E-state index contributed by atoms with van der Waals surface area (Å²) in [6.45, 7) is 0. The van der Waals surface area contributed by atoms with E-state index >= 15 is 0 Å². The molecule has 2 bridgehead atoms. The SMILES string of the molecule is O=C1c2c(Cl)c(Cl)c(Cl)c(Cl)c2C(=O)N1OC(=O)C12CC(C(F)(F)F)(C1)C2. The smallest absolute Gasteiger partial charge is 0.329 e. The van der Waals surface area contributed by atoms with Crippen LogP contribution in [0.3, 0.4) is 0 Å². The van der Waals surface area contributed by atoms with Gasteiger partial charge in [0, 0.05) is 0 Å². The van der Waals surface area contributed by atoms with E-state index in [0.29, 0.717) is 0 Å². The highest BCUT2D eigenvalue weighted by molar-refractivity contribution is 6.55. The van der Waals surface area contributed by atoms with Crippen LogP contribution in [0.4, 0.5) is 13.2 Å². The van der Waals surface area contributed by atoms with Gasteiger partial charge in [0.25, 0.3) is 11.8 Å². The Hall–Kier alpha value is -1.22. The zero-order chi connectivity index (χ0) is 20.1. The van der Waals surface area contributed by atoms with Crippen LogP contribution in [0.25, 0.3) is 0 Å².